The Morgan fingerprint density at radius 2 is 1.86 bits per heavy atom. The molecule has 0 aliphatic carbocycles. The largest absolute Gasteiger partial charge is 0.790 e. The van der Waals surface area contributed by atoms with Gasteiger partial charge in [0.25, 0.3) is 13.4 Å². The second-order valence-corrected chi connectivity index (χ2v) is 8.47. The van der Waals surface area contributed by atoms with Crippen molar-refractivity contribution in [1.29, 1.82) is 0 Å². The van der Waals surface area contributed by atoms with Crippen molar-refractivity contribution in [2.75, 3.05) is 12.3 Å². The standard InChI is InChI=1S/C10H15N5O12P2/c11-9-13-6-3(7(18)14-9)12-10(19)15(6)8-5(17)4(16)2(26-8)1-25-29(23,24)27-28(20,21)22/h2,4-5,8,16-17H,1H2,(H,12,19)(H,23,24)(H2,20,21,22)(H3,11,13,14,18)/p-3/t2-,4-,5-,8-/m1/s1. The molecule has 0 aromatic carbocycles. The predicted octanol–water partition coefficient (Wildman–Crippen LogP) is -5.06. The molecule has 19 heteroatoms. The molecule has 0 spiro atoms. The molecule has 1 aliphatic rings. The average molecular weight is 456 g/mol. The van der Waals surface area contributed by atoms with Crippen LogP contribution in [0, 0.1) is 0 Å². The molecule has 29 heavy (non-hydrogen) atoms. The number of fused-ring (bicyclic) bond motifs is 1. The monoisotopic (exact) mass is 456 g/mol. The van der Waals surface area contributed by atoms with Gasteiger partial charge in [0.1, 0.15) is 18.3 Å². The minimum atomic E-state index is -5.93. The Hall–Kier alpha value is -1.91. The summed E-state index contributed by atoms with van der Waals surface area (Å²) >= 11 is 0. The maximum atomic E-state index is 12.2. The average Bonchev–Trinajstić information content (AvgIpc) is 3.01. The van der Waals surface area contributed by atoms with Crippen LogP contribution >= 0.6 is 15.6 Å². The Bertz CT molecular complexity index is 1130. The van der Waals surface area contributed by atoms with Crippen LogP contribution in [0.2, 0.25) is 0 Å². The second kappa shape index (κ2) is 7.41. The molecule has 0 radical (unpaired) electrons. The number of anilines is 1. The lowest BCUT2D eigenvalue weighted by Gasteiger charge is -2.35. The predicted molar refractivity (Wildman–Crippen MR) is 83.6 cm³/mol. The minimum Gasteiger partial charge on any atom is -0.790 e. The molecular formula is C10H12N5O12P2-3. The van der Waals surface area contributed by atoms with Gasteiger partial charge < -0.3 is 44.5 Å². The molecule has 6 N–H and O–H groups in total. The van der Waals surface area contributed by atoms with Crippen molar-refractivity contribution in [2.24, 2.45) is 0 Å². The van der Waals surface area contributed by atoms with Crippen LogP contribution in [-0.4, -0.2) is 54.7 Å². The summed E-state index contributed by atoms with van der Waals surface area (Å²) in [6.45, 7) is -1.08. The van der Waals surface area contributed by atoms with E-state index in [2.05, 4.69) is 23.8 Å². The van der Waals surface area contributed by atoms with E-state index in [1.807, 2.05) is 0 Å². The van der Waals surface area contributed by atoms with Gasteiger partial charge in [0.2, 0.25) is 5.95 Å². The van der Waals surface area contributed by atoms with E-state index in [4.69, 9.17) is 10.5 Å². The van der Waals surface area contributed by atoms with E-state index in [9.17, 15) is 43.6 Å². The van der Waals surface area contributed by atoms with Crippen LogP contribution in [-0.2, 0) is 22.7 Å². The number of ether oxygens (including phenoxy) is 1. The maximum Gasteiger partial charge on any atom is 0.330 e. The first-order valence-corrected chi connectivity index (χ1v) is 10.4. The highest BCUT2D eigenvalue weighted by molar-refractivity contribution is 7.58. The molecule has 1 aliphatic heterocycles. The van der Waals surface area contributed by atoms with E-state index in [0.717, 1.165) is 0 Å². The molecule has 5 atom stereocenters. The van der Waals surface area contributed by atoms with E-state index < -0.39 is 58.0 Å². The van der Waals surface area contributed by atoms with Gasteiger partial charge in [-0.05, 0) is 0 Å². The van der Waals surface area contributed by atoms with Gasteiger partial charge in [-0.3, -0.25) is 23.6 Å². The van der Waals surface area contributed by atoms with Crippen LogP contribution in [0.15, 0.2) is 9.59 Å². The highest BCUT2D eigenvalue weighted by atomic mass is 31.3. The number of hydrogen-bond acceptors (Lipinski definition) is 14. The molecule has 1 unspecified atom stereocenters. The maximum absolute atomic E-state index is 12.2. The van der Waals surface area contributed by atoms with Crippen LogP contribution < -0.4 is 31.7 Å². The third-order valence-electron chi connectivity index (χ3n) is 3.79. The number of aliphatic hydroxyl groups is 2. The van der Waals surface area contributed by atoms with Crippen LogP contribution in [0.5, 0.6) is 0 Å². The van der Waals surface area contributed by atoms with Gasteiger partial charge in [-0.25, -0.2) is 9.36 Å². The zero-order valence-corrected chi connectivity index (χ0v) is 15.6. The number of hydrogen-bond donors (Lipinski definition) is 5. The summed E-state index contributed by atoms with van der Waals surface area (Å²) in [4.78, 5) is 64.1. The number of phosphoric acid groups is 2. The number of nitrogens with zero attached hydrogens (tertiary/aromatic N) is 2. The van der Waals surface area contributed by atoms with Gasteiger partial charge in [0.15, 0.2) is 17.4 Å². The summed E-state index contributed by atoms with van der Waals surface area (Å²) < 4.78 is 34.9. The van der Waals surface area contributed by atoms with Gasteiger partial charge in [0, 0.05) is 0 Å². The third-order valence-corrected chi connectivity index (χ3v) is 5.85. The van der Waals surface area contributed by atoms with Crippen LogP contribution in [0.25, 0.3) is 11.2 Å². The van der Waals surface area contributed by atoms with Crippen molar-refractivity contribution >= 4 is 32.8 Å². The SMILES string of the molecule is Nc1nc2c([nH]c(=O)n2[C@@H]2O[C@H](COP(=O)([O-])OP(=O)([O-])[O-])[C@@H](O)[C@H]2O)c(=O)[nH]1. The number of aromatic nitrogens is 4. The second-order valence-electron chi connectivity index (χ2n) is 5.77. The van der Waals surface area contributed by atoms with E-state index in [1.165, 1.54) is 0 Å². The normalized spacial score (nSPS) is 27.3. The van der Waals surface area contributed by atoms with Crippen LogP contribution in [0.3, 0.4) is 0 Å². The van der Waals surface area contributed by atoms with Crippen molar-refractivity contribution < 1.29 is 47.6 Å². The quantitative estimate of drug-likeness (QED) is 0.254. The Balaban J connectivity index is 1.86. The van der Waals surface area contributed by atoms with Crippen molar-refractivity contribution in [3.8, 4) is 0 Å². The summed E-state index contributed by atoms with van der Waals surface area (Å²) in [5.41, 5.74) is 3.00. The van der Waals surface area contributed by atoms with Gasteiger partial charge >= 0.3 is 5.69 Å². The lowest BCUT2D eigenvalue weighted by Crippen LogP contribution is -2.35. The van der Waals surface area contributed by atoms with Crippen LogP contribution in [0.1, 0.15) is 6.23 Å². The highest BCUT2D eigenvalue weighted by Gasteiger charge is 2.45. The van der Waals surface area contributed by atoms with E-state index in [-0.39, 0.29) is 17.1 Å². The third kappa shape index (κ3) is 4.49. The van der Waals surface area contributed by atoms with Gasteiger partial charge in [0.05, 0.1) is 14.4 Å². The fourth-order valence-electron chi connectivity index (χ4n) is 2.66. The lowest BCUT2D eigenvalue weighted by atomic mass is 10.1. The molecule has 162 valence electrons. The Labute approximate surface area is 158 Å². The number of nitrogens with one attached hydrogen (secondary N) is 2. The highest BCUT2D eigenvalue weighted by Crippen LogP contribution is 2.50. The zero-order chi connectivity index (χ0) is 21.7. The van der Waals surface area contributed by atoms with Crippen molar-refractivity contribution in [3.63, 3.8) is 0 Å². The van der Waals surface area contributed by atoms with Gasteiger partial charge in [-0.2, -0.15) is 4.98 Å². The fourth-order valence-corrected chi connectivity index (χ4v) is 4.15. The van der Waals surface area contributed by atoms with Crippen molar-refractivity contribution in [1.82, 2.24) is 19.5 Å². The molecule has 0 bridgehead atoms. The molecule has 0 saturated carbocycles. The Kier molecular flexibility index (Phi) is 5.57. The molecule has 2 aromatic heterocycles. The minimum absolute atomic E-state index is 0.312. The van der Waals surface area contributed by atoms with E-state index >= 15 is 0 Å². The topological polar surface area (TPSA) is 281 Å². The molecule has 3 heterocycles. The van der Waals surface area contributed by atoms with E-state index in [0.29, 0.717) is 4.57 Å². The zero-order valence-electron chi connectivity index (χ0n) is 13.9. The number of phosphoric ester groups is 1. The summed E-state index contributed by atoms with van der Waals surface area (Å²) in [7, 11) is -11.5. The lowest BCUT2D eigenvalue weighted by molar-refractivity contribution is -0.339. The fraction of sp³-hybridized carbons (Fsp3) is 0.500. The number of H-pyrrole nitrogens is 2. The number of imidazole rings is 1. The summed E-state index contributed by atoms with van der Waals surface area (Å²) in [6, 6.07) is 0. The molecular weight excluding hydrogens is 444 g/mol. The smallest absolute Gasteiger partial charge is 0.330 e. The first kappa shape index (κ1) is 21.8. The number of nitrogen functional groups attached to an aromatic ring is 1. The number of aliphatic hydroxyl groups excluding tert-OH is 2. The first-order chi connectivity index (χ1) is 13.3. The molecule has 1 saturated heterocycles. The molecule has 1 fully saturated rings. The Morgan fingerprint density at radius 3 is 2.48 bits per heavy atom. The van der Waals surface area contributed by atoms with Gasteiger partial charge in [-0.1, -0.05) is 0 Å². The summed E-state index contributed by atoms with van der Waals surface area (Å²) in [5.74, 6) is -0.368. The van der Waals surface area contributed by atoms with Crippen molar-refractivity contribution in [3.05, 3.63) is 20.8 Å². The van der Waals surface area contributed by atoms with E-state index in [1.54, 1.807) is 0 Å². The van der Waals surface area contributed by atoms with Crippen LogP contribution in [0.4, 0.5) is 5.95 Å². The Morgan fingerprint density at radius 1 is 1.21 bits per heavy atom. The number of nitrogens with two attached hydrogens (primary N) is 1. The number of aromatic amines is 2. The molecule has 3 rings (SSSR count). The summed E-state index contributed by atoms with van der Waals surface area (Å²) in [6.07, 6.45) is -6.94. The van der Waals surface area contributed by atoms with Crippen molar-refractivity contribution in [2.45, 2.75) is 24.5 Å². The number of rotatable bonds is 6. The first-order valence-electron chi connectivity index (χ1n) is 7.49. The molecule has 17 nitrogen and oxygen atoms in total. The molecule has 0 amide bonds. The summed E-state index contributed by atoms with van der Waals surface area (Å²) in [5, 5.41) is 20.2. The van der Waals surface area contributed by atoms with Gasteiger partial charge in [-0.15, -0.1) is 0 Å². The molecule has 2 aromatic rings.